The largest absolute Gasteiger partial charge is 0.316 e. The minimum absolute atomic E-state index is 0.00297. The number of benzene rings is 1. The van der Waals surface area contributed by atoms with Crippen LogP contribution in [-0.2, 0) is 4.79 Å². The zero-order chi connectivity index (χ0) is 12.0. The third-order valence-corrected chi connectivity index (χ3v) is 2.79. The van der Waals surface area contributed by atoms with Crippen LogP contribution in [0.15, 0.2) is 47.6 Å². The van der Waals surface area contributed by atoms with Crippen LogP contribution in [0.4, 0.5) is 0 Å². The first-order chi connectivity index (χ1) is 7.65. The van der Waals surface area contributed by atoms with Gasteiger partial charge in [-0.05, 0) is 17.7 Å². The maximum atomic E-state index is 11.3. The molecule has 0 N–H and O–H groups in total. The van der Waals surface area contributed by atoms with Gasteiger partial charge in [0.25, 0.3) is 0 Å². The number of nitrogens with zero attached hydrogens (tertiary/aromatic N) is 1. The lowest BCUT2D eigenvalue weighted by molar-refractivity contribution is -0.125. The number of hydrogen-bond donors (Lipinski definition) is 0. The van der Waals surface area contributed by atoms with Crippen molar-refractivity contribution in [3.8, 4) is 0 Å². The molecule has 3 heteroatoms. The van der Waals surface area contributed by atoms with E-state index in [2.05, 4.69) is 22.5 Å². The Kier molecular flexibility index (Phi) is 4.99. The second-order valence-electron chi connectivity index (χ2n) is 3.30. The van der Waals surface area contributed by atoms with Gasteiger partial charge in [-0.3, -0.25) is 4.79 Å². The summed E-state index contributed by atoms with van der Waals surface area (Å²) >= 11 is 3.45. The van der Waals surface area contributed by atoms with Crippen LogP contribution in [-0.4, -0.2) is 17.4 Å². The Morgan fingerprint density at radius 1 is 1.50 bits per heavy atom. The van der Waals surface area contributed by atoms with E-state index in [9.17, 15) is 4.79 Å². The highest BCUT2D eigenvalue weighted by Crippen LogP contribution is 2.17. The highest BCUT2D eigenvalue weighted by atomic mass is 79.9. The van der Waals surface area contributed by atoms with Crippen LogP contribution < -0.4 is 0 Å². The van der Waals surface area contributed by atoms with E-state index in [0.29, 0.717) is 6.54 Å². The zero-order valence-corrected chi connectivity index (χ0v) is 10.8. The predicted molar refractivity (Wildman–Crippen MR) is 70.8 cm³/mol. The number of hydrogen-bond acceptors (Lipinski definition) is 1. The molecule has 0 bridgehead atoms. The smallest absolute Gasteiger partial charge is 0.223 e. The second kappa shape index (κ2) is 6.28. The summed E-state index contributed by atoms with van der Waals surface area (Å²) in [5.74, 6) is 0.00297. The number of amides is 1. The summed E-state index contributed by atoms with van der Waals surface area (Å²) in [5.41, 5.74) is 1.04. The summed E-state index contributed by atoms with van der Waals surface area (Å²) in [6, 6.07) is 7.85. The molecule has 1 aromatic carbocycles. The standard InChI is InChI=1S/C13H14BrNO/c1-3-9-15(11(2)16)10-8-12-6-4-5-7-13(12)14/h3-8,10H,1,9H2,2H3/b10-8+. The van der Waals surface area contributed by atoms with E-state index in [4.69, 9.17) is 0 Å². The van der Waals surface area contributed by atoms with Crippen molar-refractivity contribution in [2.75, 3.05) is 6.54 Å². The molecule has 0 aliphatic heterocycles. The Morgan fingerprint density at radius 3 is 2.75 bits per heavy atom. The van der Waals surface area contributed by atoms with Crippen molar-refractivity contribution < 1.29 is 4.79 Å². The first-order valence-corrected chi connectivity index (χ1v) is 5.75. The van der Waals surface area contributed by atoms with Gasteiger partial charge in [0.1, 0.15) is 0 Å². The van der Waals surface area contributed by atoms with Gasteiger partial charge in [0, 0.05) is 24.1 Å². The maximum Gasteiger partial charge on any atom is 0.223 e. The summed E-state index contributed by atoms with van der Waals surface area (Å²) in [5, 5.41) is 0. The van der Waals surface area contributed by atoms with Gasteiger partial charge in [-0.25, -0.2) is 0 Å². The average molecular weight is 280 g/mol. The van der Waals surface area contributed by atoms with Crippen LogP contribution in [0.5, 0.6) is 0 Å². The van der Waals surface area contributed by atoms with Crippen molar-refractivity contribution in [2.24, 2.45) is 0 Å². The topological polar surface area (TPSA) is 20.3 Å². The van der Waals surface area contributed by atoms with Gasteiger partial charge in [0.2, 0.25) is 5.91 Å². The normalized spacial score (nSPS) is 10.4. The third-order valence-electron chi connectivity index (χ3n) is 2.07. The molecule has 1 rings (SSSR count). The number of rotatable bonds is 4. The van der Waals surface area contributed by atoms with Crippen LogP contribution in [0.25, 0.3) is 6.08 Å². The molecule has 0 spiro atoms. The van der Waals surface area contributed by atoms with Crippen LogP contribution in [0.3, 0.4) is 0 Å². The van der Waals surface area contributed by atoms with Gasteiger partial charge in [-0.1, -0.05) is 40.2 Å². The van der Waals surface area contributed by atoms with E-state index in [0.717, 1.165) is 10.0 Å². The molecular weight excluding hydrogens is 266 g/mol. The SMILES string of the molecule is C=CCN(/C=C/c1ccccc1Br)C(C)=O. The number of carbonyl (C=O) groups is 1. The molecule has 0 aliphatic rings. The van der Waals surface area contributed by atoms with Gasteiger partial charge >= 0.3 is 0 Å². The highest BCUT2D eigenvalue weighted by molar-refractivity contribution is 9.10. The Balaban J connectivity index is 2.82. The molecule has 84 valence electrons. The molecule has 0 heterocycles. The van der Waals surface area contributed by atoms with E-state index >= 15 is 0 Å². The molecule has 0 unspecified atom stereocenters. The van der Waals surface area contributed by atoms with Crippen LogP contribution >= 0.6 is 15.9 Å². The summed E-state index contributed by atoms with van der Waals surface area (Å²) in [7, 11) is 0. The maximum absolute atomic E-state index is 11.3. The molecule has 1 aromatic rings. The first-order valence-electron chi connectivity index (χ1n) is 4.96. The summed E-state index contributed by atoms with van der Waals surface area (Å²) in [6.45, 7) is 5.68. The monoisotopic (exact) mass is 279 g/mol. The van der Waals surface area contributed by atoms with Crippen molar-refractivity contribution in [2.45, 2.75) is 6.92 Å². The molecule has 0 radical (unpaired) electrons. The lowest BCUT2D eigenvalue weighted by Crippen LogP contribution is -2.22. The summed E-state index contributed by atoms with van der Waals surface area (Å²) < 4.78 is 1.01. The lowest BCUT2D eigenvalue weighted by Gasteiger charge is -2.13. The van der Waals surface area contributed by atoms with E-state index < -0.39 is 0 Å². The first kappa shape index (κ1) is 12.7. The minimum Gasteiger partial charge on any atom is -0.316 e. The van der Waals surface area contributed by atoms with Crippen molar-refractivity contribution in [1.82, 2.24) is 4.90 Å². The number of carbonyl (C=O) groups excluding carboxylic acids is 1. The molecule has 0 aliphatic carbocycles. The molecule has 0 aromatic heterocycles. The van der Waals surface area contributed by atoms with Gasteiger partial charge < -0.3 is 4.90 Å². The van der Waals surface area contributed by atoms with Crippen molar-refractivity contribution in [3.63, 3.8) is 0 Å². The van der Waals surface area contributed by atoms with Crippen molar-refractivity contribution >= 4 is 27.9 Å². The van der Waals surface area contributed by atoms with E-state index in [-0.39, 0.29) is 5.91 Å². The fraction of sp³-hybridized carbons (Fsp3) is 0.154. The van der Waals surface area contributed by atoms with Crippen molar-refractivity contribution in [1.29, 1.82) is 0 Å². The molecule has 0 fully saturated rings. The minimum atomic E-state index is 0.00297. The Morgan fingerprint density at radius 2 is 2.19 bits per heavy atom. The Bertz CT molecular complexity index is 412. The fourth-order valence-corrected chi connectivity index (χ4v) is 1.63. The average Bonchev–Trinajstić information content (AvgIpc) is 2.26. The Labute approximate surface area is 104 Å². The third kappa shape index (κ3) is 3.66. The van der Waals surface area contributed by atoms with Gasteiger partial charge in [-0.15, -0.1) is 6.58 Å². The van der Waals surface area contributed by atoms with E-state index in [1.165, 1.54) is 6.92 Å². The van der Waals surface area contributed by atoms with Crippen LogP contribution in [0.1, 0.15) is 12.5 Å². The van der Waals surface area contributed by atoms with Crippen molar-refractivity contribution in [3.05, 3.63) is 53.2 Å². The lowest BCUT2D eigenvalue weighted by atomic mass is 10.2. The predicted octanol–water partition coefficient (Wildman–Crippen LogP) is 3.45. The fourth-order valence-electron chi connectivity index (χ4n) is 1.21. The van der Waals surface area contributed by atoms with Gasteiger partial charge in [0.05, 0.1) is 0 Å². The molecule has 16 heavy (non-hydrogen) atoms. The molecule has 0 saturated heterocycles. The molecular formula is C13H14BrNO. The van der Waals surface area contributed by atoms with Crippen LogP contribution in [0, 0.1) is 0 Å². The molecule has 1 amide bonds. The van der Waals surface area contributed by atoms with Crippen LogP contribution in [0.2, 0.25) is 0 Å². The van der Waals surface area contributed by atoms with E-state index in [1.54, 1.807) is 17.2 Å². The van der Waals surface area contributed by atoms with E-state index in [1.807, 2.05) is 30.3 Å². The summed E-state index contributed by atoms with van der Waals surface area (Å²) in [6.07, 6.45) is 5.37. The second-order valence-corrected chi connectivity index (χ2v) is 4.15. The summed E-state index contributed by atoms with van der Waals surface area (Å²) in [4.78, 5) is 12.9. The molecule has 2 nitrogen and oxygen atoms in total. The molecule has 0 atom stereocenters. The number of halogens is 1. The van der Waals surface area contributed by atoms with Gasteiger partial charge in [-0.2, -0.15) is 0 Å². The zero-order valence-electron chi connectivity index (χ0n) is 9.19. The quantitative estimate of drug-likeness (QED) is 0.773. The molecule has 0 saturated carbocycles. The Hall–Kier alpha value is -1.35. The van der Waals surface area contributed by atoms with Gasteiger partial charge in [0.15, 0.2) is 0 Å². The highest BCUT2D eigenvalue weighted by Gasteiger charge is 2.01.